The van der Waals surface area contributed by atoms with Crippen molar-refractivity contribution in [3.05, 3.63) is 133 Å². The fraction of sp³-hybridized carbons (Fsp3) is 0.500. The number of benzene rings is 3. The van der Waals surface area contributed by atoms with Crippen LogP contribution in [0.15, 0.2) is 117 Å². The van der Waals surface area contributed by atoms with Crippen molar-refractivity contribution in [1.82, 2.24) is 29.7 Å². The molecule has 0 aliphatic carbocycles. The van der Waals surface area contributed by atoms with Crippen molar-refractivity contribution >= 4 is 32.7 Å². The first kappa shape index (κ1) is 50.2. The fourth-order valence-electron chi connectivity index (χ4n) is 14.3. The van der Waals surface area contributed by atoms with Gasteiger partial charge in [0, 0.05) is 73.9 Å². The lowest BCUT2D eigenvalue weighted by molar-refractivity contribution is -0.0444. The van der Waals surface area contributed by atoms with Gasteiger partial charge < -0.3 is 19.3 Å². The van der Waals surface area contributed by atoms with Crippen LogP contribution in [0.4, 0.5) is 0 Å². The second kappa shape index (κ2) is 22.0. The van der Waals surface area contributed by atoms with Crippen molar-refractivity contribution in [2.45, 2.75) is 102 Å². The minimum absolute atomic E-state index is 0. The third-order valence-corrected chi connectivity index (χ3v) is 18.5. The van der Waals surface area contributed by atoms with E-state index in [0.717, 1.165) is 82.0 Å². The third kappa shape index (κ3) is 9.89. The summed E-state index contributed by atoms with van der Waals surface area (Å²) in [6.45, 7) is 22.2. The van der Waals surface area contributed by atoms with Gasteiger partial charge in [-0.05, 0) is 195 Å². The summed E-state index contributed by atoms with van der Waals surface area (Å²) in [4.78, 5) is 21.4. The topological polar surface area (TPSA) is 96.3 Å². The number of methoxy groups -OCH3 is 3. The molecule has 0 radical (unpaired) electrons. The highest BCUT2D eigenvalue weighted by Gasteiger charge is 2.44. The molecule has 3 aromatic heterocycles. The molecule has 10 heteroatoms. The van der Waals surface area contributed by atoms with Crippen molar-refractivity contribution in [2.24, 2.45) is 35.5 Å². The first-order valence-corrected chi connectivity index (χ1v) is 27.1. The van der Waals surface area contributed by atoms with E-state index in [2.05, 4.69) is 112 Å². The summed E-state index contributed by atoms with van der Waals surface area (Å²) in [6, 6.07) is 26.1. The van der Waals surface area contributed by atoms with Crippen LogP contribution in [-0.2, 0) is 0 Å². The molecule has 10 nitrogen and oxygen atoms in total. The Morgan fingerprint density at radius 3 is 1.33 bits per heavy atom. The summed E-state index contributed by atoms with van der Waals surface area (Å²) in [6.07, 6.45) is 18.4. The minimum Gasteiger partial charge on any atom is -0.497 e. The van der Waals surface area contributed by atoms with Gasteiger partial charge >= 0.3 is 0 Å². The normalized spacial score (nSPS) is 30.3. The molecule has 9 fully saturated rings. The van der Waals surface area contributed by atoms with E-state index in [-0.39, 0.29) is 7.47 Å². The van der Waals surface area contributed by atoms with E-state index < -0.39 is 6.10 Å². The highest BCUT2D eigenvalue weighted by Crippen LogP contribution is 2.46. The van der Waals surface area contributed by atoms with Gasteiger partial charge in [-0.15, -0.1) is 13.2 Å². The molecule has 12 heterocycles. The second-order valence-electron chi connectivity index (χ2n) is 21.9. The summed E-state index contributed by atoms with van der Waals surface area (Å²) in [5.74, 6) is 8.18. The quantitative estimate of drug-likeness (QED) is 0.119. The number of aromatic nitrogens is 3. The van der Waals surface area contributed by atoms with Gasteiger partial charge in [-0.1, -0.05) is 39.3 Å². The monoisotopic (exact) mass is 973 g/mol. The van der Waals surface area contributed by atoms with Crippen LogP contribution in [0.5, 0.6) is 17.2 Å². The van der Waals surface area contributed by atoms with Gasteiger partial charge in [0.05, 0.1) is 44.0 Å². The summed E-state index contributed by atoms with van der Waals surface area (Å²) in [7, 11) is 5.12. The summed E-state index contributed by atoms with van der Waals surface area (Å²) >= 11 is 0. The van der Waals surface area contributed by atoms with Crippen molar-refractivity contribution in [3.8, 4) is 17.2 Å². The van der Waals surface area contributed by atoms with Crippen LogP contribution in [0.25, 0.3) is 32.7 Å². The molecule has 382 valence electrons. The Morgan fingerprint density at radius 1 is 0.569 bits per heavy atom. The van der Waals surface area contributed by atoms with Gasteiger partial charge in [-0.3, -0.25) is 29.7 Å². The molecule has 3 aromatic carbocycles. The molecular formula is C62H80N6O4. The van der Waals surface area contributed by atoms with Crippen LogP contribution in [0, 0.1) is 35.5 Å². The molecule has 1 N–H and O–H groups in total. The molecule has 9 aliphatic heterocycles. The zero-order valence-electron chi connectivity index (χ0n) is 43.7. The molecule has 6 aromatic rings. The van der Waals surface area contributed by atoms with E-state index in [0.29, 0.717) is 41.7 Å². The Morgan fingerprint density at radius 2 is 0.958 bits per heavy atom. The molecule has 72 heavy (non-hydrogen) atoms. The number of pyridine rings is 3. The average Bonchev–Trinajstić information content (AvgIpc) is 3.46. The number of hydrogen-bond acceptors (Lipinski definition) is 10. The first-order chi connectivity index (χ1) is 35.1. The smallest absolute Gasteiger partial charge is 0.119 e. The number of piperidine rings is 9. The Balaban J connectivity index is 0.000000134. The lowest BCUT2D eigenvalue weighted by Gasteiger charge is -2.52. The summed E-state index contributed by atoms with van der Waals surface area (Å²) < 4.78 is 16.2. The Labute approximate surface area is 430 Å². The van der Waals surface area contributed by atoms with Gasteiger partial charge in [0.15, 0.2) is 0 Å². The van der Waals surface area contributed by atoms with E-state index in [1.54, 1.807) is 27.5 Å². The largest absolute Gasteiger partial charge is 0.497 e. The second-order valence-corrected chi connectivity index (χ2v) is 21.9. The van der Waals surface area contributed by atoms with Crippen LogP contribution < -0.4 is 14.2 Å². The zero-order valence-corrected chi connectivity index (χ0v) is 43.7. The van der Waals surface area contributed by atoms with E-state index in [1.165, 1.54) is 86.6 Å². The molecule has 0 saturated carbocycles. The van der Waals surface area contributed by atoms with Gasteiger partial charge in [-0.25, -0.2) is 0 Å². The van der Waals surface area contributed by atoms with Crippen LogP contribution in [-0.4, -0.2) is 113 Å². The zero-order chi connectivity index (χ0) is 50.0. The SMILES string of the molecule is C=C[C@H]1CN2CCC1CC2[C@@H](C)c1ccnc2ccc(OC)cc12.C=C[C@H]1CN2CCC1CC2[C@@H](O)c1ccnc2ccc(OC)cc12.CC[C@H]1CN2CCC1CC2[C@@H](C)c1ccnc2ccc(OC)cc12.[HH]. The molecule has 0 amide bonds. The van der Waals surface area contributed by atoms with Crippen LogP contribution >= 0.6 is 0 Å². The molecule has 15 atom stereocenters. The number of aliphatic hydroxyl groups is 1. The molecule has 15 rings (SSSR count). The number of nitrogens with zero attached hydrogens (tertiary/aromatic N) is 6. The average molecular weight is 973 g/mol. The van der Waals surface area contributed by atoms with Crippen molar-refractivity contribution in [3.63, 3.8) is 0 Å². The van der Waals surface area contributed by atoms with Crippen LogP contribution in [0.1, 0.15) is 102 Å². The first-order valence-electron chi connectivity index (χ1n) is 27.1. The fourth-order valence-corrected chi connectivity index (χ4v) is 14.3. The van der Waals surface area contributed by atoms with Gasteiger partial charge in [0.1, 0.15) is 17.2 Å². The highest BCUT2D eigenvalue weighted by molar-refractivity contribution is 5.85. The van der Waals surface area contributed by atoms with E-state index in [4.69, 9.17) is 14.2 Å². The van der Waals surface area contributed by atoms with Gasteiger partial charge in [-0.2, -0.15) is 0 Å². The van der Waals surface area contributed by atoms with Gasteiger partial charge in [0.25, 0.3) is 0 Å². The third-order valence-electron chi connectivity index (χ3n) is 18.5. The maximum atomic E-state index is 11.2. The number of rotatable bonds is 12. The minimum atomic E-state index is -0.504. The number of fused-ring (bicyclic) bond motifs is 12. The molecular weight excluding hydrogens is 893 g/mol. The maximum absolute atomic E-state index is 11.2. The molecule has 6 bridgehead atoms. The summed E-state index contributed by atoms with van der Waals surface area (Å²) in [5, 5.41) is 14.6. The molecule has 9 unspecified atom stereocenters. The predicted octanol–water partition coefficient (Wildman–Crippen LogP) is 12.1. The maximum Gasteiger partial charge on any atom is 0.119 e. The van der Waals surface area contributed by atoms with Crippen LogP contribution in [0.3, 0.4) is 0 Å². The number of hydrogen-bond donors (Lipinski definition) is 1. The Kier molecular flexibility index (Phi) is 15.3. The van der Waals surface area contributed by atoms with Crippen LogP contribution in [0.2, 0.25) is 0 Å². The van der Waals surface area contributed by atoms with E-state index in [1.807, 2.05) is 48.8 Å². The highest BCUT2D eigenvalue weighted by atomic mass is 16.5. The molecule has 9 saturated heterocycles. The lowest BCUT2D eigenvalue weighted by Crippen LogP contribution is -2.54. The standard InChI is InChI=1S/C21H28N2O.C21H26N2O.C20H24N2O2.H2/c2*1-4-15-13-23-10-8-16(15)11-21(23)14(2)18-7-9-22-20-6-5-17(24-3)12-19(18)20;1-3-13-12-22-9-7-14(13)10-19(22)20(23)16-6-8-21-18-5-4-15(24-2)11-17(16)18;/h5-7,9,12,14-16,21H,4,8,10-11,13H2,1-3H3;4-7,9,12,14-16,21H,1,8,10-11,13H2,2-3H3;3-6,8,11,13-14,19-20,23H,1,7,9-10,12H2,2H3;1H/t2*14-,15-,16?,21?;13-,14?,19?,20-;/m000./s1. The van der Waals surface area contributed by atoms with Crippen molar-refractivity contribution in [2.75, 3.05) is 60.6 Å². The summed E-state index contributed by atoms with van der Waals surface area (Å²) in [5.41, 5.74) is 6.79. The Bertz CT molecular complexity index is 2730. The Hall–Kier alpha value is -5.39. The lowest BCUT2D eigenvalue weighted by atomic mass is 9.71. The predicted molar refractivity (Wildman–Crippen MR) is 294 cm³/mol. The number of aliphatic hydroxyl groups excluding tert-OH is 1. The molecule has 9 aliphatic rings. The van der Waals surface area contributed by atoms with E-state index >= 15 is 0 Å². The van der Waals surface area contributed by atoms with Gasteiger partial charge in [0.2, 0.25) is 0 Å². The number of ether oxygens (including phenoxy) is 3. The molecule has 0 spiro atoms. The van der Waals surface area contributed by atoms with Crippen molar-refractivity contribution in [1.29, 1.82) is 0 Å². The van der Waals surface area contributed by atoms with E-state index in [9.17, 15) is 5.11 Å². The van der Waals surface area contributed by atoms with Crippen molar-refractivity contribution < 1.29 is 20.7 Å².